The Balaban J connectivity index is 2.27. The Labute approximate surface area is 118 Å². The summed E-state index contributed by atoms with van der Waals surface area (Å²) in [5, 5.41) is 2.70. The second-order valence-corrected chi connectivity index (χ2v) is 5.04. The smallest absolute Gasteiger partial charge is 0.256 e. The van der Waals surface area contributed by atoms with E-state index in [0.717, 1.165) is 4.47 Å². The summed E-state index contributed by atoms with van der Waals surface area (Å²) < 4.78 is 13.5. The van der Waals surface area contributed by atoms with E-state index >= 15 is 0 Å². The number of carbonyl (C=O) groups is 1. The number of halogens is 2. The molecule has 0 spiro atoms. The number of rotatable bonds is 2. The molecule has 3 N–H and O–H groups in total. The predicted octanol–water partition coefficient (Wildman–Crippen LogP) is 3.73. The van der Waals surface area contributed by atoms with Crippen molar-refractivity contribution in [1.82, 2.24) is 0 Å². The molecule has 0 saturated carbocycles. The Morgan fingerprint density at radius 3 is 2.53 bits per heavy atom. The summed E-state index contributed by atoms with van der Waals surface area (Å²) in [4.78, 5) is 12.1. The molecule has 0 radical (unpaired) electrons. The minimum absolute atomic E-state index is 0.280. The number of nitrogen functional groups attached to an aromatic ring is 1. The lowest BCUT2D eigenvalue weighted by Crippen LogP contribution is -2.14. The summed E-state index contributed by atoms with van der Waals surface area (Å²) in [6, 6.07) is 9.03. The van der Waals surface area contributed by atoms with Gasteiger partial charge in [-0.1, -0.05) is 15.9 Å². The van der Waals surface area contributed by atoms with Gasteiger partial charge in [-0.3, -0.25) is 4.79 Å². The van der Waals surface area contributed by atoms with Gasteiger partial charge in [0, 0.05) is 21.4 Å². The third-order valence-corrected chi connectivity index (χ3v) is 3.22. The van der Waals surface area contributed by atoms with Crippen molar-refractivity contribution in [2.75, 3.05) is 11.1 Å². The van der Waals surface area contributed by atoms with E-state index < -0.39 is 0 Å². The van der Waals surface area contributed by atoms with E-state index in [0.29, 0.717) is 22.5 Å². The highest BCUT2D eigenvalue weighted by Crippen LogP contribution is 2.23. The van der Waals surface area contributed by atoms with E-state index in [-0.39, 0.29) is 11.7 Å². The van der Waals surface area contributed by atoms with Crippen molar-refractivity contribution in [3.63, 3.8) is 0 Å². The molecular formula is C14H12BrFN2O. The van der Waals surface area contributed by atoms with Gasteiger partial charge in [-0.05, 0) is 48.9 Å². The summed E-state index contributed by atoms with van der Waals surface area (Å²) >= 11 is 3.30. The number of hydrogen-bond donors (Lipinski definition) is 2. The third-order valence-electron chi connectivity index (χ3n) is 2.76. The van der Waals surface area contributed by atoms with Gasteiger partial charge in [0.25, 0.3) is 5.91 Å². The lowest BCUT2D eigenvalue weighted by molar-refractivity contribution is 0.102. The number of amides is 1. The monoisotopic (exact) mass is 322 g/mol. The molecule has 19 heavy (non-hydrogen) atoms. The summed E-state index contributed by atoms with van der Waals surface area (Å²) in [5.74, 6) is -0.627. The molecule has 0 aromatic heterocycles. The van der Waals surface area contributed by atoms with Crippen LogP contribution in [0.3, 0.4) is 0 Å². The Morgan fingerprint density at radius 2 is 1.89 bits per heavy atom. The van der Waals surface area contributed by atoms with Gasteiger partial charge in [-0.15, -0.1) is 0 Å². The summed E-state index contributed by atoms with van der Waals surface area (Å²) in [7, 11) is 0. The van der Waals surface area contributed by atoms with Crippen molar-refractivity contribution in [3.05, 3.63) is 57.8 Å². The highest BCUT2D eigenvalue weighted by molar-refractivity contribution is 9.10. The molecule has 0 fully saturated rings. The molecule has 98 valence electrons. The minimum Gasteiger partial charge on any atom is -0.398 e. The van der Waals surface area contributed by atoms with Gasteiger partial charge in [0.15, 0.2) is 0 Å². The van der Waals surface area contributed by atoms with Crippen molar-refractivity contribution in [3.8, 4) is 0 Å². The second kappa shape index (κ2) is 5.40. The van der Waals surface area contributed by atoms with Crippen molar-refractivity contribution in [2.24, 2.45) is 0 Å². The number of hydrogen-bond acceptors (Lipinski definition) is 2. The zero-order valence-corrected chi connectivity index (χ0v) is 11.8. The van der Waals surface area contributed by atoms with Crippen LogP contribution in [0.2, 0.25) is 0 Å². The van der Waals surface area contributed by atoms with Gasteiger partial charge < -0.3 is 11.1 Å². The maximum atomic E-state index is 12.8. The SMILES string of the molecule is Cc1c(N)cc(Br)cc1C(=O)Nc1ccc(F)cc1. The van der Waals surface area contributed by atoms with Crippen LogP contribution in [0.1, 0.15) is 15.9 Å². The highest BCUT2D eigenvalue weighted by atomic mass is 79.9. The van der Waals surface area contributed by atoms with Gasteiger partial charge in [0.05, 0.1) is 0 Å². The average molecular weight is 323 g/mol. The fourth-order valence-electron chi connectivity index (χ4n) is 1.67. The molecule has 1 amide bonds. The zero-order valence-electron chi connectivity index (χ0n) is 10.2. The van der Waals surface area contributed by atoms with Crippen LogP contribution >= 0.6 is 15.9 Å². The van der Waals surface area contributed by atoms with Crippen LogP contribution in [0.15, 0.2) is 40.9 Å². The van der Waals surface area contributed by atoms with Crippen molar-refractivity contribution in [2.45, 2.75) is 6.92 Å². The quantitative estimate of drug-likeness (QED) is 0.828. The molecule has 0 bridgehead atoms. The Morgan fingerprint density at radius 1 is 1.26 bits per heavy atom. The number of anilines is 2. The molecule has 0 saturated heterocycles. The van der Waals surface area contributed by atoms with Gasteiger partial charge in [-0.25, -0.2) is 4.39 Å². The van der Waals surface area contributed by atoms with Crippen LogP contribution < -0.4 is 11.1 Å². The second-order valence-electron chi connectivity index (χ2n) is 4.13. The van der Waals surface area contributed by atoms with E-state index in [9.17, 15) is 9.18 Å². The van der Waals surface area contributed by atoms with E-state index in [1.165, 1.54) is 24.3 Å². The van der Waals surface area contributed by atoms with Gasteiger partial charge in [0.1, 0.15) is 5.82 Å². The molecule has 0 aliphatic carbocycles. The van der Waals surface area contributed by atoms with Crippen molar-refractivity contribution in [1.29, 1.82) is 0 Å². The Hall–Kier alpha value is -1.88. The number of carbonyl (C=O) groups excluding carboxylic acids is 1. The molecule has 0 aliphatic rings. The van der Waals surface area contributed by atoms with E-state index in [1.807, 2.05) is 0 Å². The van der Waals surface area contributed by atoms with E-state index in [2.05, 4.69) is 21.2 Å². The summed E-state index contributed by atoms with van der Waals surface area (Å²) in [6.45, 7) is 1.78. The molecule has 5 heteroatoms. The van der Waals surface area contributed by atoms with Crippen LogP contribution in [0.5, 0.6) is 0 Å². The van der Waals surface area contributed by atoms with Gasteiger partial charge in [0.2, 0.25) is 0 Å². The first kappa shape index (κ1) is 13.5. The topological polar surface area (TPSA) is 55.1 Å². The molecule has 2 aromatic rings. The van der Waals surface area contributed by atoms with Crippen LogP contribution in [0.4, 0.5) is 15.8 Å². The molecule has 0 unspecified atom stereocenters. The van der Waals surface area contributed by atoms with E-state index in [1.54, 1.807) is 19.1 Å². The van der Waals surface area contributed by atoms with Crippen LogP contribution in [-0.4, -0.2) is 5.91 Å². The number of nitrogens with two attached hydrogens (primary N) is 1. The first-order chi connectivity index (χ1) is 8.97. The molecule has 3 nitrogen and oxygen atoms in total. The predicted molar refractivity (Wildman–Crippen MR) is 77.6 cm³/mol. The lowest BCUT2D eigenvalue weighted by atomic mass is 10.1. The first-order valence-electron chi connectivity index (χ1n) is 5.60. The van der Waals surface area contributed by atoms with E-state index in [4.69, 9.17) is 5.73 Å². The molecule has 2 aromatic carbocycles. The summed E-state index contributed by atoms with van der Waals surface area (Å²) in [5.41, 5.74) is 8.08. The van der Waals surface area contributed by atoms with Crippen molar-refractivity contribution < 1.29 is 9.18 Å². The summed E-state index contributed by atoms with van der Waals surface area (Å²) in [6.07, 6.45) is 0. The maximum Gasteiger partial charge on any atom is 0.256 e. The standard InChI is InChI=1S/C14H12BrFN2O/c1-8-12(6-9(15)7-13(8)17)14(19)18-11-4-2-10(16)3-5-11/h2-7H,17H2,1H3,(H,18,19). The lowest BCUT2D eigenvalue weighted by Gasteiger charge is -2.10. The van der Waals surface area contributed by atoms with Gasteiger partial charge >= 0.3 is 0 Å². The molecule has 0 atom stereocenters. The largest absolute Gasteiger partial charge is 0.398 e. The Bertz CT molecular complexity index is 626. The normalized spacial score (nSPS) is 10.3. The fourth-order valence-corrected chi connectivity index (χ4v) is 2.14. The first-order valence-corrected chi connectivity index (χ1v) is 6.39. The molecule has 2 rings (SSSR count). The molecule has 0 aliphatic heterocycles. The number of nitrogens with one attached hydrogen (secondary N) is 1. The van der Waals surface area contributed by atoms with Crippen LogP contribution in [0, 0.1) is 12.7 Å². The number of benzene rings is 2. The molecule has 0 heterocycles. The van der Waals surface area contributed by atoms with Gasteiger partial charge in [-0.2, -0.15) is 0 Å². The Kier molecular flexibility index (Phi) is 3.85. The zero-order chi connectivity index (χ0) is 14.0. The fraction of sp³-hybridized carbons (Fsp3) is 0.0714. The van der Waals surface area contributed by atoms with Crippen molar-refractivity contribution >= 4 is 33.2 Å². The van der Waals surface area contributed by atoms with Crippen LogP contribution in [-0.2, 0) is 0 Å². The molecular weight excluding hydrogens is 311 g/mol. The minimum atomic E-state index is -0.346. The average Bonchev–Trinajstić information content (AvgIpc) is 2.36. The third kappa shape index (κ3) is 3.12. The van der Waals surface area contributed by atoms with Crippen LogP contribution in [0.25, 0.3) is 0 Å². The highest BCUT2D eigenvalue weighted by Gasteiger charge is 2.12. The maximum absolute atomic E-state index is 12.8.